The van der Waals surface area contributed by atoms with Crippen molar-refractivity contribution in [1.29, 1.82) is 0 Å². The second kappa shape index (κ2) is 10.0. The fourth-order valence-electron chi connectivity index (χ4n) is 4.31. The highest BCUT2D eigenvalue weighted by molar-refractivity contribution is 7.93. The first-order valence-corrected chi connectivity index (χ1v) is 13.7. The third-order valence-electron chi connectivity index (χ3n) is 6.01. The number of methoxy groups -OCH3 is 1. The Kier molecular flexibility index (Phi) is 6.64. The topological polar surface area (TPSA) is 112 Å². The molecule has 0 bridgehead atoms. The van der Waals surface area contributed by atoms with Gasteiger partial charge in [0.15, 0.2) is 9.84 Å². The smallest absolute Gasteiger partial charge is 0.237 e. The van der Waals surface area contributed by atoms with Gasteiger partial charge in [-0.3, -0.25) is 4.57 Å². The third kappa shape index (κ3) is 5.18. The van der Waals surface area contributed by atoms with Crippen LogP contribution in [-0.4, -0.2) is 36.3 Å². The number of fused-ring (bicyclic) bond motifs is 2. The number of nitrogens with two attached hydrogens (primary N) is 1. The second-order valence-electron chi connectivity index (χ2n) is 8.69. The highest BCUT2D eigenvalue weighted by Crippen LogP contribution is 2.31. The Labute approximate surface area is 215 Å². The number of nitrogens with one attached hydrogen (secondary N) is 1. The van der Waals surface area contributed by atoms with Crippen LogP contribution in [0.15, 0.2) is 78.2 Å². The van der Waals surface area contributed by atoms with Crippen molar-refractivity contribution in [2.45, 2.75) is 13.1 Å². The van der Waals surface area contributed by atoms with Crippen molar-refractivity contribution < 1.29 is 13.2 Å². The van der Waals surface area contributed by atoms with E-state index in [4.69, 9.17) is 20.4 Å². The Hall–Kier alpha value is -4.21. The van der Waals surface area contributed by atoms with Gasteiger partial charge in [-0.1, -0.05) is 42.5 Å². The highest BCUT2D eigenvalue weighted by Gasteiger charge is 2.17. The van der Waals surface area contributed by atoms with Crippen molar-refractivity contribution in [2.24, 2.45) is 5.73 Å². The summed E-state index contributed by atoms with van der Waals surface area (Å²) in [6.07, 6.45) is 2.76. The van der Waals surface area contributed by atoms with Crippen LogP contribution in [0.5, 0.6) is 5.75 Å². The first-order chi connectivity index (χ1) is 17.9. The molecule has 9 heteroatoms. The van der Waals surface area contributed by atoms with Crippen molar-refractivity contribution in [3.8, 4) is 11.7 Å². The van der Waals surface area contributed by atoms with Gasteiger partial charge >= 0.3 is 0 Å². The van der Waals surface area contributed by atoms with Gasteiger partial charge in [0, 0.05) is 41.2 Å². The van der Waals surface area contributed by atoms with Crippen molar-refractivity contribution in [3.63, 3.8) is 0 Å². The maximum atomic E-state index is 11.5. The number of anilines is 1. The number of benzene rings is 3. The lowest BCUT2D eigenvalue weighted by Crippen LogP contribution is -2.11. The summed E-state index contributed by atoms with van der Waals surface area (Å²) in [5.41, 5.74) is 10.4. The quantitative estimate of drug-likeness (QED) is 0.310. The van der Waals surface area contributed by atoms with Crippen LogP contribution in [0.1, 0.15) is 16.8 Å². The Morgan fingerprint density at radius 3 is 2.62 bits per heavy atom. The van der Waals surface area contributed by atoms with Gasteiger partial charge in [-0.2, -0.15) is 4.98 Å². The molecule has 188 valence electrons. The van der Waals surface area contributed by atoms with Crippen LogP contribution in [0.25, 0.3) is 33.8 Å². The van der Waals surface area contributed by atoms with E-state index in [0.717, 1.165) is 33.1 Å². The van der Waals surface area contributed by atoms with Gasteiger partial charge in [0.05, 0.1) is 12.6 Å². The zero-order chi connectivity index (χ0) is 26.0. The Bertz CT molecular complexity index is 1740. The van der Waals surface area contributed by atoms with Crippen molar-refractivity contribution in [2.75, 3.05) is 18.7 Å². The van der Waals surface area contributed by atoms with E-state index in [1.54, 1.807) is 13.2 Å². The fraction of sp³-hybridized carbons (Fsp3) is 0.143. The lowest BCUT2D eigenvalue weighted by atomic mass is 10.1. The molecule has 0 aliphatic heterocycles. The van der Waals surface area contributed by atoms with E-state index in [1.165, 1.54) is 11.7 Å². The standard InChI is InChI=1S/C28H27N5O3S/c1-36-25-12-6-10-23-26(25)31-28(33-22(17-29)16-21-9-3-4-11-24(21)33)32-27(23)30-18-20-8-5-7-19(15-20)13-14-37(2,34)35/h3-16H,17-18,29H2,1-2H3,(H,30,31,32)/b14-13+. The molecule has 0 amide bonds. The van der Waals surface area contributed by atoms with E-state index >= 15 is 0 Å². The van der Waals surface area contributed by atoms with E-state index in [2.05, 4.69) is 5.32 Å². The second-order valence-corrected chi connectivity index (χ2v) is 10.6. The maximum Gasteiger partial charge on any atom is 0.237 e. The molecule has 0 saturated heterocycles. The fourth-order valence-corrected chi connectivity index (χ4v) is 4.71. The predicted octanol–water partition coefficient (Wildman–Crippen LogP) is 4.67. The normalized spacial score (nSPS) is 12.0. The number of para-hydroxylation sites is 2. The molecule has 5 aromatic rings. The van der Waals surface area contributed by atoms with Crippen LogP contribution < -0.4 is 15.8 Å². The van der Waals surface area contributed by atoms with Gasteiger partial charge in [-0.15, -0.1) is 0 Å². The van der Waals surface area contributed by atoms with E-state index in [0.29, 0.717) is 36.1 Å². The number of hydrogen-bond acceptors (Lipinski definition) is 7. The molecular weight excluding hydrogens is 486 g/mol. The lowest BCUT2D eigenvalue weighted by molar-refractivity contribution is 0.419. The van der Waals surface area contributed by atoms with Gasteiger partial charge in [-0.05, 0) is 47.5 Å². The minimum Gasteiger partial charge on any atom is -0.494 e. The molecule has 8 nitrogen and oxygen atoms in total. The first-order valence-electron chi connectivity index (χ1n) is 11.7. The molecule has 0 spiro atoms. The molecule has 0 aliphatic rings. The summed E-state index contributed by atoms with van der Waals surface area (Å²) in [6, 6.07) is 23.5. The molecule has 5 rings (SSSR count). The minimum atomic E-state index is -3.21. The first kappa shape index (κ1) is 24.5. The van der Waals surface area contributed by atoms with E-state index in [-0.39, 0.29) is 0 Å². The third-order valence-corrected chi connectivity index (χ3v) is 6.64. The molecule has 0 saturated carbocycles. The van der Waals surface area contributed by atoms with Gasteiger partial charge in [-0.25, -0.2) is 13.4 Å². The molecule has 3 N–H and O–H groups in total. The molecule has 2 aromatic heterocycles. The van der Waals surface area contributed by atoms with Crippen molar-refractivity contribution >= 4 is 43.5 Å². The summed E-state index contributed by atoms with van der Waals surface area (Å²) >= 11 is 0. The largest absolute Gasteiger partial charge is 0.494 e. The molecule has 0 radical (unpaired) electrons. The summed E-state index contributed by atoms with van der Waals surface area (Å²) < 4.78 is 30.6. The number of rotatable bonds is 8. The molecule has 0 aliphatic carbocycles. The molecule has 2 heterocycles. The van der Waals surface area contributed by atoms with Crippen LogP contribution in [0.4, 0.5) is 5.82 Å². The van der Waals surface area contributed by atoms with Crippen molar-refractivity contribution in [3.05, 3.63) is 95.0 Å². The zero-order valence-electron chi connectivity index (χ0n) is 20.5. The molecule has 0 atom stereocenters. The average Bonchev–Trinajstić information content (AvgIpc) is 3.28. The minimum absolute atomic E-state index is 0.332. The Morgan fingerprint density at radius 1 is 1.03 bits per heavy atom. The maximum absolute atomic E-state index is 11.5. The van der Waals surface area contributed by atoms with Gasteiger partial charge in [0.25, 0.3) is 0 Å². The van der Waals surface area contributed by atoms with E-state index in [9.17, 15) is 8.42 Å². The number of aromatic nitrogens is 3. The predicted molar refractivity (Wildman–Crippen MR) is 148 cm³/mol. The van der Waals surface area contributed by atoms with Crippen molar-refractivity contribution in [1.82, 2.24) is 14.5 Å². The van der Waals surface area contributed by atoms with Crippen LogP contribution in [-0.2, 0) is 22.9 Å². The Morgan fingerprint density at radius 2 is 1.84 bits per heavy atom. The number of hydrogen-bond donors (Lipinski definition) is 2. The highest BCUT2D eigenvalue weighted by atomic mass is 32.2. The monoisotopic (exact) mass is 513 g/mol. The molecule has 37 heavy (non-hydrogen) atoms. The SMILES string of the molecule is COc1cccc2c(NCc3cccc(/C=C/S(C)(=O)=O)c3)nc(-n3c(CN)cc4ccccc43)nc12. The number of nitrogens with zero attached hydrogens (tertiary/aromatic N) is 3. The van der Waals surface area contributed by atoms with Crippen LogP contribution >= 0.6 is 0 Å². The van der Waals surface area contributed by atoms with Gasteiger partial charge < -0.3 is 15.8 Å². The zero-order valence-corrected chi connectivity index (χ0v) is 21.4. The average molecular weight is 514 g/mol. The molecule has 0 fully saturated rings. The number of ether oxygens (including phenoxy) is 1. The van der Waals surface area contributed by atoms with Crippen LogP contribution in [0, 0.1) is 0 Å². The summed E-state index contributed by atoms with van der Waals surface area (Å²) in [4.78, 5) is 9.81. The van der Waals surface area contributed by atoms with Crippen LogP contribution in [0.2, 0.25) is 0 Å². The summed E-state index contributed by atoms with van der Waals surface area (Å²) in [5, 5.41) is 6.53. The summed E-state index contributed by atoms with van der Waals surface area (Å²) in [6.45, 7) is 0.804. The summed E-state index contributed by atoms with van der Waals surface area (Å²) in [5.74, 6) is 1.78. The molecule has 3 aromatic carbocycles. The van der Waals surface area contributed by atoms with Crippen LogP contribution in [0.3, 0.4) is 0 Å². The van der Waals surface area contributed by atoms with E-state index in [1.807, 2.05) is 77.4 Å². The Balaban J connectivity index is 1.59. The van der Waals surface area contributed by atoms with Gasteiger partial charge in [0.2, 0.25) is 5.95 Å². The van der Waals surface area contributed by atoms with Gasteiger partial charge in [0.1, 0.15) is 17.1 Å². The molecular formula is C28H27N5O3S. The number of sulfone groups is 1. The summed E-state index contributed by atoms with van der Waals surface area (Å²) in [7, 11) is -1.58. The lowest BCUT2D eigenvalue weighted by Gasteiger charge is -2.15. The van der Waals surface area contributed by atoms with E-state index < -0.39 is 9.84 Å². The molecule has 0 unspecified atom stereocenters.